The molecule has 0 aliphatic heterocycles. The lowest BCUT2D eigenvalue weighted by Crippen LogP contribution is -2.15. The Morgan fingerprint density at radius 3 is 2.93 bits per heavy atom. The molecule has 7 nitrogen and oxygen atoms in total. The monoisotopic (exact) mass is 395 g/mol. The van der Waals surface area contributed by atoms with E-state index in [4.69, 9.17) is 16.3 Å². The van der Waals surface area contributed by atoms with Gasteiger partial charge in [-0.15, -0.1) is 0 Å². The first-order valence-electron chi connectivity index (χ1n) is 8.62. The molecule has 0 unspecified atom stereocenters. The van der Waals surface area contributed by atoms with Crippen LogP contribution < -0.4 is 5.32 Å². The van der Waals surface area contributed by atoms with E-state index in [0.717, 1.165) is 16.5 Å². The van der Waals surface area contributed by atoms with Gasteiger partial charge in [0, 0.05) is 41.3 Å². The molecule has 2 heterocycles. The maximum atomic E-state index is 12.8. The van der Waals surface area contributed by atoms with Crippen molar-refractivity contribution in [2.75, 3.05) is 12.4 Å². The van der Waals surface area contributed by atoms with Crippen molar-refractivity contribution in [3.63, 3.8) is 0 Å². The number of rotatable bonds is 5. The Balaban J connectivity index is 1.59. The van der Waals surface area contributed by atoms with Crippen LogP contribution in [-0.4, -0.2) is 32.8 Å². The molecule has 0 saturated heterocycles. The molecule has 2 aromatic carbocycles. The topological polar surface area (TPSA) is 84.8 Å². The van der Waals surface area contributed by atoms with E-state index in [9.17, 15) is 4.79 Å². The molecule has 2 aromatic heterocycles. The summed E-state index contributed by atoms with van der Waals surface area (Å²) >= 11 is 6.05. The summed E-state index contributed by atoms with van der Waals surface area (Å²) < 4.78 is 6.89. The van der Waals surface area contributed by atoms with Gasteiger partial charge in [0.05, 0.1) is 0 Å². The van der Waals surface area contributed by atoms with Gasteiger partial charge >= 0.3 is 0 Å². The van der Waals surface area contributed by atoms with Crippen LogP contribution in [0.1, 0.15) is 16.3 Å². The Morgan fingerprint density at radius 1 is 1.25 bits per heavy atom. The van der Waals surface area contributed by atoms with Crippen LogP contribution in [0.25, 0.3) is 22.3 Å². The van der Waals surface area contributed by atoms with Crippen molar-refractivity contribution in [3.05, 3.63) is 65.1 Å². The van der Waals surface area contributed by atoms with Gasteiger partial charge in [-0.1, -0.05) is 23.7 Å². The second kappa shape index (κ2) is 7.46. The lowest BCUT2D eigenvalue weighted by molar-refractivity contribution is 0.102. The summed E-state index contributed by atoms with van der Waals surface area (Å²) in [5.74, 6) is 0.977. The fourth-order valence-electron chi connectivity index (χ4n) is 3.10. The lowest BCUT2D eigenvalue weighted by atomic mass is 10.2. The van der Waals surface area contributed by atoms with Crippen molar-refractivity contribution in [1.29, 1.82) is 0 Å². The number of benzene rings is 2. The van der Waals surface area contributed by atoms with E-state index in [-0.39, 0.29) is 5.91 Å². The van der Waals surface area contributed by atoms with Crippen LogP contribution in [0, 0.1) is 0 Å². The number of aromatic amines is 1. The van der Waals surface area contributed by atoms with Crippen LogP contribution in [0.4, 0.5) is 5.69 Å². The Bertz CT molecular complexity index is 1160. The maximum Gasteiger partial charge on any atom is 0.272 e. The minimum atomic E-state index is -0.206. The molecule has 1 amide bonds. The standard InChI is InChI=1S/C20H18ClN5O2/c1-26-16-7-6-14(21)8-13(16)10-17(26)20(27)22-15-5-3-4-12(9-15)19-23-18(11-28-2)24-25-19/h3-10H,11H2,1-2H3,(H,22,27)(H,23,24,25). The number of aryl methyl sites for hydroxylation is 1. The number of hydrogen-bond acceptors (Lipinski definition) is 4. The molecule has 0 atom stereocenters. The number of methoxy groups -OCH3 is 1. The molecule has 4 rings (SSSR count). The van der Waals surface area contributed by atoms with Gasteiger partial charge in [-0.2, -0.15) is 5.10 Å². The second-order valence-corrected chi connectivity index (χ2v) is 6.80. The Morgan fingerprint density at radius 2 is 2.11 bits per heavy atom. The van der Waals surface area contributed by atoms with Gasteiger partial charge in [0.2, 0.25) is 0 Å². The summed E-state index contributed by atoms with van der Waals surface area (Å²) in [5, 5.41) is 11.5. The summed E-state index contributed by atoms with van der Waals surface area (Å²) in [6.07, 6.45) is 0. The molecule has 28 heavy (non-hydrogen) atoms. The van der Waals surface area contributed by atoms with E-state index in [1.807, 2.05) is 60.1 Å². The highest BCUT2D eigenvalue weighted by atomic mass is 35.5. The number of H-pyrrole nitrogens is 1. The molecule has 142 valence electrons. The normalized spacial score (nSPS) is 11.1. The van der Waals surface area contributed by atoms with Gasteiger partial charge in [-0.05, 0) is 36.4 Å². The second-order valence-electron chi connectivity index (χ2n) is 6.37. The zero-order chi connectivity index (χ0) is 19.7. The maximum absolute atomic E-state index is 12.8. The van der Waals surface area contributed by atoms with Gasteiger partial charge in [-0.25, -0.2) is 4.98 Å². The fourth-order valence-corrected chi connectivity index (χ4v) is 3.28. The number of nitrogens with zero attached hydrogens (tertiary/aromatic N) is 3. The number of fused-ring (bicyclic) bond motifs is 1. The SMILES string of the molecule is COCc1nc(-c2cccc(NC(=O)c3cc4cc(Cl)ccc4n3C)c2)n[nH]1. The van der Waals surface area contributed by atoms with Crippen molar-refractivity contribution in [1.82, 2.24) is 19.7 Å². The number of aromatic nitrogens is 4. The number of anilines is 1. The highest BCUT2D eigenvalue weighted by Gasteiger charge is 2.14. The molecule has 2 N–H and O–H groups in total. The zero-order valence-corrected chi connectivity index (χ0v) is 16.1. The average molecular weight is 396 g/mol. The third-order valence-electron chi connectivity index (χ3n) is 4.43. The highest BCUT2D eigenvalue weighted by molar-refractivity contribution is 6.31. The first-order valence-corrected chi connectivity index (χ1v) is 9.00. The largest absolute Gasteiger partial charge is 0.377 e. The average Bonchev–Trinajstić information content (AvgIpc) is 3.27. The Labute approximate surface area is 166 Å². The number of amides is 1. The van der Waals surface area contributed by atoms with E-state index in [2.05, 4.69) is 20.5 Å². The van der Waals surface area contributed by atoms with E-state index < -0.39 is 0 Å². The molecule has 0 aliphatic rings. The molecule has 4 aromatic rings. The van der Waals surface area contributed by atoms with Gasteiger partial charge in [0.1, 0.15) is 12.3 Å². The molecule has 0 bridgehead atoms. The van der Waals surface area contributed by atoms with Gasteiger partial charge < -0.3 is 14.6 Å². The summed E-state index contributed by atoms with van der Waals surface area (Å²) in [6.45, 7) is 0.356. The van der Waals surface area contributed by atoms with Crippen molar-refractivity contribution in [3.8, 4) is 11.4 Å². The highest BCUT2D eigenvalue weighted by Crippen LogP contribution is 2.24. The van der Waals surface area contributed by atoms with Crippen LogP contribution >= 0.6 is 11.6 Å². The smallest absolute Gasteiger partial charge is 0.272 e. The van der Waals surface area contributed by atoms with Crippen LogP contribution in [0.15, 0.2) is 48.5 Å². The summed E-state index contributed by atoms with van der Waals surface area (Å²) in [4.78, 5) is 17.2. The molecule has 0 spiro atoms. The van der Waals surface area contributed by atoms with E-state index >= 15 is 0 Å². The zero-order valence-electron chi connectivity index (χ0n) is 15.4. The van der Waals surface area contributed by atoms with Crippen LogP contribution in [0.3, 0.4) is 0 Å². The van der Waals surface area contributed by atoms with E-state index in [1.165, 1.54) is 0 Å². The van der Waals surface area contributed by atoms with Crippen LogP contribution in [-0.2, 0) is 18.4 Å². The third-order valence-corrected chi connectivity index (χ3v) is 4.66. The summed E-state index contributed by atoms with van der Waals surface area (Å²) in [5.41, 5.74) is 2.93. The number of carbonyl (C=O) groups excluding carboxylic acids is 1. The minimum Gasteiger partial charge on any atom is -0.377 e. The van der Waals surface area contributed by atoms with Crippen LogP contribution in [0.5, 0.6) is 0 Å². The number of hydrogen-bond donors (Lipinski definition) is 2. The van der Waals surface area contributed by atoms with Crippen molar-refractivity contribution < 1.29 is 9.53 Å². The Hall–Kier alpha value is -3.16. The number of halogens is 1. The molecule has 0 radical (unpaired) electrons. The van der Waals surface area contributed by atoms with Gasteiger partial charge in [0.25, 0.3) is 5.91 Å². The quantitative estimate of drug-likeness (QED) is 0.534. The van der Waals surface area contributed by atoms with Crippen molar-refractivity contribution in [2.45, 2.75) is 6.61 Å². The first kappa shape index (κ1) is 18.2. The third kappa shape index (κ3) is 3.49. The van der Waals surface area contributed by atoms with Crippen molar-refractivity contribution >= 4 is 34.1 Å². The number of nitrogens with one attached hydrogen (secondary N) is 2. The van der Waals surface area contributed by atoms with Crippen molar-refractivity contribution in [2.24, 2.45) is 7.05 Å². The summed E-state index contributed by atoms with van der Waals surface area (Å²) in [7, 11) is 3.45. The van der Waals surface area contributed by atoms with Gasteiger partial charge in [-0.3, -0.25) is 9.89 Å². The predicted molar refractivity (Wildman–Crippen MR) is 108 cm³/mol. The lowest BCUT2D eigenvalue weighted by Gasteiger charge is -2.07. The Kier molecular flexibility index (Phi) is 4.85. The van der Waals surface area contributed by atoms with E-state index in [0.29, 0.717) is 34.7 Å². The first-order chi connectivity index (χ1) is 13.5. The number of carbonyl (C=O) groups is 1. The molecule has 0 aliphatic carbocycles. The molecular formula is C20H18ClN5O2. The van der Waals surface area contributed by atoms with Gasteiger partial charge in [0.15, 0.2) is 11.6 Å². The molecule has 0 saturated carbocycles. The fraction of sp³-hybridized carbons (Fsp3) is 0.150. The minimum absolute atomic E-state index is 0.206. The molecule has 0 fully saturated rings. The van der Waals surface area contributed by atoms with E-state index in [1.54, 1.807) is 7.11 Å². The molecular weight excluding hydrogens is 378 g/mol. The van der Waals surface area contributed by atoms with Crippen LogP contribution in [0.2, 0.25) is 5.02 Å². The summed E-state index contributed by atoms with van der Waals surface area (Å²) in [6, 6.07) is 14.8. The number of ether oxygens (including phenoxy) is 1. The molecule has 8 heteroatoms. The predicted octanol–water partition coefficient (Wildman–Crippen LogP) is 4.02.